The van der Waals surface area contributed by atoms with Crippen LogP contribution in [0.2, 0.25) is 10.0 Å². The van der Waals surface area contributed by atoms with Gasteiger partial charge in [0.2, 0.25) is 17.6 Å². The molecule has 0 fully saturated rings. The molecule has 0 saturated carbocycles. The van der Waals surface area contributed by atoms with Gasteiger partial charge < -0.3 is 19.3 Å². The fourth-order valence-electron chi connectivity index (χ4n) is 2.52. The lowest BCUT2D eigenvalue weighted by atomic mass is 10.2. The van der Waals surface area contributed by atoms with E-state index in [1.165, 1.54) is 0 Å². The third-order valence-corrected chi connectivity index (χ3v) is 4.26. The molecule has 1 heterocycles. The predicted molar refractivity (Wildman–Crippen MR) is 106 cm³/mol. The van der Waals surface area contributed by atoms with Gasteiger partial charge in [0.1, 0.15) is 0 Å². The molecule has 0 radical (unpaired) electrons. The first-order valence-corrected chi connectivity index (χ1v) is 9.05. The molecule has 0 aliphatic heterocycles. The van der Waals surface area contributed by atoms with E-state index >= 15 is 0 Å². The van der Waals surface area contributed by atoms with Crippen LogP contribution in [0.25, 0.3) is 11.4 Å². The quantitative estimate of drug-likeness (QED) is 0.598. The van der Waals surface area contributed by atoms with Crippen molar-refractivity contribution in [1.82, 2.24) is 10.1 Å². The van der Waals surface area contributed by atoms with Gasteiger partial charge in [-0.1, -0.05) is 28.4 Å². The van der Waals surface area contributed by atoms with Gasteiger partial charge in [-0.15, -0.1) is 0 Å². The van der Waals surface area contributed by atoms with Crippen molar-refractivity contribution in [2.45, 2.75) is 12.8 Å². The summed E-state index contributed by atoms with van der Waals surface area (Å²) in [5.74, 6) is 1.70. The van der Waals surface area contributed by atoms with Crippen molar-refractivity contribution in [3.8, 4) is 22.9 Å². The van der Waals surface area contributed by atoms with E-state index in [0.717, 1.165) is 0 Å². The number of hydrogen-bond acceptors (Lipinski definition) is 6. The van der Waals surface area contributed by atoms with Crippen molar-refractivity contribution in [3.05, 3.63) is 52.3 Å². The summed E-state index contributed by atoms with van der Waals surface area (Å²) >= 11 is 11.8. The zero-order chi connectivity index (χ0) is 20.1. The van der Waals surface area contributed by atoms with Crippen LogP contribution in [0.3, 0.4) is 0 Å². The molecule has 28 heavy (non-hydrogen) atoms. The van der Waals surface area contributed by atoms with E-state index in [0.29, 0.717) is 50.9 Å². The summed E-state index contributed by atoms with van der Waals surface area (Å²) < 4.78 is 15.7. The summed E-state index contributed by atoms with van der Waals surface area (Å²) in [7, 11) is 3.11. The van der Waals surface area contributed by atoms with Gasteiger partial charge in [0.25, 0.3) is 0 Å². The minimum Gasteiger partial charge on any atom is -0.493 e. The van der Waals surface area contributed by atoms with Gasteiger partial charge in [-0.25, -0.2) is 0 Å². The molecule has 0 aliphatic carbocycles. The molecule has 1 aromatic heterocycles. The second-order valence-electron chi connectivity index (χ2n) is 5.79. The summed E-state index contributed by atoms with van der Waals surface area (Å²) in [6.07, 6.45) is 0.456. The van der Waals surface area contributed by atoms with Crippen LogP contribution in [0.1, 0.15) is 12.3 Å². The normalized spacial score (nSPS) is 10.6. The molecule has 0 unspecified atom stereocenters. The van der Waals surface area contributed by atoms with E-state index < -0.39 is 0 Å². The molecule has 1 N–H and O–H groups in total. The number of nitrogens with zero attached hydrogens (tertiary/aromatic N) is 2. The van der Waals surface area contributed by atoms with Crippen LogP contribution < -0.4 is 14.8 Å². The van der Waals surface area contributed by atoms with E-state index in [1.54, 1.807) is 50.6 Å². The first-order chi connectivity index (χ1) is 13.5. The Kier molecular flexibility index (Phi) is 6.38. The smallest absolute Gasteiger partial charge is 0.227 e. The lowest BCUT2D eigenvalue weighted by Crippen LogP contribution is -2.12. The predicted octanol–water partition coefficient (Wildman–Crippen LogP) is 4.63. The van der Waals surface area contributed by atoms with Crippen molar-refractivity contribution >= 4 is 34.8 Å². The molecule has 9 heteroatoms. The topological polar surface area (TPSA) is 86.5 Å². The lowest BCUT2D eigenvalue weighted by Gasteiger charge is -2.07. The Labute approximate surface area is 171 Å². The van der Waals surface area contributed by atoms with Crippen LogP contribution in [0.5, 0.6) is 11.5 Å². The minimum atomic E-state index is -0.218. The zero-order valence-corrected chi connectivity index (χ0v) is 16.7. The Morgan fingerprint density at radius 2 is 1.79 bits per heavy atom. The number of halogens is 2. The highest BCUT2D eigenvalue weighted by atomic mass is 35.5. The number of benzene rings is 2. The van der Waals surface area contributed by atoms with Gasteiger partial charge in [0, 0.05) is 34.1 Å². The summed E-state index contributed by atoms with van der Waals surface area (Å²) in [5.41, 5.74) is 1.24. The second kappa shape index (κ2) is 8.95. The molecular formula is C19H17Cl2N3O4. The van der Waals surface area contributed by atoms with Crippen LogP contribution in [0, 0.1) is 0 Å². The Morgan fingerprint density at radius 1 is 1.07 bits per heavy atom. The standard InChI is InChI=1S/C19H17Cl2N3O4/c1-26-15-4-3-11(7-16(15)27-2)19-23-18(28-24-19)6-5-17(25)22-14-9-12(20)8-13(21)10-14/h3-4,7-10H,5-6H2,1-2H3,(H,22,25). The Hall–Kier alpha value is -2.77. The number of aryl methyl sites for hydroxylation is 1. The third kappa shape index (κ3) is 4.94. The largest absolute Gasteiger partial charge is 0.493 e. The number of rotatable bonds is 7. The number of nitrogens with one attached hydrogen (secondary N) is 1. The van der Waals surface area contributed by atoms with Gasteiger partial charge in [-0.2, -0.15) is 4.98 Å². The lowest BCUT2D eigenvalue weighted by molar-refractivity contribution is -0.116. The van der Waals surface area contributed by atoms with Crippen LogP contribution >= 0.6 is 23.2 Å². The highest BCUT2D eigenvalue weighted by Crippen LogP contribution is 2.31. The van der Waals surface area contributed by atoms with Gasteiger partial charge in [0.15, 0.2) is 11.5 Å². The van der Waals surface area contributed by atoms with E-state index in [-0.39, 0.29) is 12.3 Å². The van der Waals surface area contributed by atoms with Gasteiger partial charge in [-0.05, 0) is 36.4 Å². The van der Waals surface area contributed by atoms with Crippen LogP contribution in [0.15, 0.2) is 40.9 Å². The molecule has 3 aromatic rings. The molecule has 3 rings (SSSR count). The van der Waals surface area contributed by atoms with E-state index in [2.05, 4.69) is 15.5 Å². The molecule has 1 amide bonds. The Morgan fingerprint density at radius 3 is 2.46 bits per heavy atom. The molecule has 0 aliphatic rings. The van der Waals surface area contributed by atoms with Gasteiger partial charge in [0.05, 0.1) is 14.2 Å². The van der Waals surface area contributed by atoms with Crippen molar-refractivity contribution in [2.75, 3.05) is 19.5 Å². The van der Waals surface area contributed by atoms with E-state index in [1.807, 2.05) is 0 Å². The first-order valence-electron chi connectivity index (χ1n) is 8.29. The number of carbonyl (C=O) groups is 1. The summed E-state index contributed by atoms with van der Waals surface area (Å²) in [4.78, 5) is 16.4. The van der Waals surface area contributed by atoms with Gasteiger partial charge >= 0.3 is 0 Å². The van der Waals surface area contributed by atoms with E-state index in [4.69, 9.17) is 37.2 Å². The first kappa shape index (κ1) is 20.0. The number of amides is 1. The Bertz CT molecular complexity index is 971. The Balaban J connectivity index is 1.62. The number of methoxy groups -OCH3 is 2. The van der Waals surface area contributed by atoms with Crippen LogP contribution in [-0.2, 0) is 11.2 Å². The van der Waals surface area contributed by atoms with Crippen LogP contribution in [0.4, 0.5) is 5.69 Å². The molecule has 0 atom stereocenters. The molecule has 146 valence electrons. The van der Waals surface area contributed by atoms with Crippen molar-refractivity contribution in [1.29, 1.82) is 0 Å². The molecule has 0 bridgehead atoms. The highest BCUT2D eigenvalue weighted by molar-refractivity contribution is 6.35. The minimum absolute atomic E-state index is 0.164. The van der Waals surface area contributed by atoms with Crippen molar-refractivity contribution in [3.63, 3.8) is 0 Å². The molecule has 0 spiro atoms. The average molecular weight is 422 g/mol. The molecule has 7 nitrogen and oxygen atoms in total. The number of aromatic nitrogens is 2. The summed E-state index contributed by atoms with van der Waals surface area (Å²) in [6.45, 7) is 0. The zero-order valence-electron chi connectivity index (χ0n) is 15.2. The maximum atomic E-state index is 12.1. The number of carbonyl (C=O) groups excluding carboxylic acids is 1. The van der Waals surface area contributed by atoms with Crippen molar-refractivity contribution < 1.29 is 18.8 Å². The fraction of sp³-hybridized carbons (Fsp3) is 0.211. The monoisotopic (exact) mass is 421 g/mol. The summed E-state index contributed by atoms with van der Waals surface area (Å²) in [5, 5.41) is 7.57. The SMILES string of the molecule is COc1ccc(-c2noc(CCC(=O)Nc3cc(Cl)cc(Cl)c3)n2)cc1OC. The third-order valence-electron chi connectivity index (χ3n) is 3.82. The molecule has 2 aromatic carbocycles. The molecular weight excluding hydrogens is 405 g/mol. The molecule has 0 saturated heterocycles. The maximum Gasteiger partial charge on any atom is 0.227 e. The highest BCUT2D eigenvalue weighted by Gasteiger charge is 2.13. The summed E-state index contributed by atoms with van der Waals surface area (Å²) in [6, 6.07) is 10.1. The van der Waals surface area contributed by atoms with Crippen LogP contribution in [-0.4, -0.2) is 30.3 Å². The number of ether oxygens (including phenoxy) is 2. The van der Waals surface area contributed by atoms with Gasteiger partial charge in [-0.3, -0.25) is 4.79 Å². The average Bonchev–Trinajstić information content (AvgIpc) is 3.14. The number of anilines is 1. The second-order valence-corrected chi connectivity index (χ2v) is 6.66. The van der Waals surface area contributed by atoms with E-state index in [9.17, 15) is 4.79 Å². The number of hydrogen-bond donors (Lipinski definition) is 1. The maximum absolute atomic E-state index is 12.1. The van der Waals surface area contributed by atoms with Crippen molar-refractivity contribution in [2.24, 2.45) is 0 Å². The fourth-order valence-corrected chi connectivity index (χ4v) is 3.04.